The van der Waals surface area contributed by atoms with Gasteiger partial charge in [0, 0.05) is 25.2 Å². The Balaban J connectivity index is 1.39. The molecule has 4 aromatic rings. The molecule has 138 valence electrons. The number of hydrogen-bond donors (Lipinski definition) is 1. The van der Waals surface area contributed by atoms with E-state index in [-0.39, 0.29) is 0 Å². The van der Waals surface area contributed by atoms with Gasteiger partial charge in [-0.25, -0.2) is 4.98 Å². The first-order valence-corrected chi connectivity index (χ1v) is 11.1. The molecule has 0 spiro atoms. The molecule has 0 bridgehead atoms. The van der Waals surface area contributed by atoms with Crippen molar-refractivity contribution in [1.82, 2.24) is 4.98 Å². The molecule has 0 unspecified atom stereocenters. The van der Waals surface area contributed by atoms with Crippen molar-refractivity contribution in [3.05, 3.63) is 94.3 Å². The third-order valence-corrected chi connectivity index (χ3v) is 6.17. The minimum atomic E-state index is 0.770. The largest absolute Gasteiger partial charge is 0.253 e. The predicted molar refractivity (Wildman–Crippen MR) is 123 cm³/mol. The van der Waals surface area contributed by atoms with Crippen LogP contribution in [0.1, 0.15) is 5.56 Å². The van der Waals surface area contributed by atoms with Crippen molar-refractivity contribution in [2.75, 3.05) is 5.43 Å². The number of thiazole rings is 1. The van der Waals surface area contributed by atoms with E-state index in [2.05, 4.69) is 80.0 Å². The summed E-state index contributed by atoms with van der Waals surface area (Å²) in [6.45, 7) is 0. The lowest BCUT2D eigenvalue weighted by Gasteiger charge is -2.02. The lowest BCUT2D eigenvalue weighted by molar-refractivity contribution is 1.28. The minimum absolute atomic E-state index is 0.770. The first-order chi connectivity index (χ1) is 13.8. The van der Waals surface area contributed by atoms with Crippen LogP contribution >= 0.6 is 39.0 Å². The van der Waals surface area contributed by atoms with Crippen molar-refractivity contribution in [2.24, 2.45) is 5.10 Å². The van der Waals surface area contributed by atoms with Gasteiger partial charge in [-0.05, 0) is 42.0 Å². The maximum atomic E-state index is 4.62. The van der Waals surface area contributed by atoms with Gasteiger partial charge in [0.15, 0.2) is 0 Å². The normalized spacial score (nSPS) is 11.0. The van der Waals surface area contributed by atoms with Gasteiger partial charge in [0.25, 0.3) is 0 Å². The van der Waals surface area contributed by atoms with Gasteiger partial charge in [-0.2, -0.15) is 5.10 Å². The van der Waals surface area contributed by atoms with Gasteiger partial charge in [-0.15, -0.1) is 11.3 Å². The Morgan fingerprint density at radius 1 is 0.893 bits per heavy atom. The van der Waals surface area contributed by atoms with Gasteiger partial charge >= 0.3 is 0 Å². The Kier molecular flexibility index (Phi) is 6.21. The van der Waals surface area contributed by atoms with Crippen LogP contribution in [0, 0.1) is 0 Å². The Morgan fingerprint density at radius 2 is 1.61 bits per heavy atom. The Morgan fingerprint density at radius 3 is 2.36 bits per heavy atom. The molecule has 0 atom stereocenters. The summed E-state index contributed by atoms with van der Waals surface area (Å²) < 4.78 is 1.05. The van der Waals surface area contributed by atoms with Crippen LogP contribution in [0.15, 0.2) is 104 Å². The second-order valence-corrected chi connectivity index (χ2v) is 8.82. The smallest absolute Gasteiger partial charge is 0.203 e. The van der Waals surface area contributed by atoms with Crippen LogP contribution in [-0.2, 0) is 0 Å². The number of rotatable bonds is 6. The zero-order valence-electron chi connectivity index (χ0n) is 14.7. The molecular formula is C22H16BrN3S2. The van der Waals surface area contributed by atoms with Crippen molar-refractivity contribution in [3.8, 4) is 11.3 Å². The fourth-order valence-electron chi connectivity index (χ4n) is 2.49. The number of benzene rings is 3. The Labute approximate surface area is 180 Å². The van der Waals surface area contributed by atoms with Crippen LogP contribution in [0.2, 0.25) is 0 Å². The van der Waals surface area contributed by atoms with Crippen molar-refractivity contribution < 1.29 is 0 Å². The predicted octanol–water partition coefficient (Wildman–Crippen LogP) is 7.17. The van der Waals surface area contributed by atoms with Gasteiger partial charge in [-0.1, -0.05) is 70.2 Å². The summed E-state index contributed by atoms with van der Waals surface area (Å²) in [5, 5.41) is 7.07. The summed E-state index contributed by atoms with van der Waals surface area (Å²) >= 11 is 6.72. The first-order valence-electron chi connectivity index (χ1n) is 8.60. The molecule has 0 saturated carbocycles. The lowest BCUT2D eigenvalue weighted by atomic mass is 10.2. The highest BCUT2D eigenvalue weighted by Crippen LogP contribution is 2.30. The van der Waals surface area contributed by atoms with E-state index in [1.54, 1.807) is 29.3 Å². The van der Waals surface area contributed by atoms with E-state index < -0.39 is 0 Å². The molecular weight excluding hydrogens is 450 g/mol. The van der Waals surface area contributed by atoms with Crippen LogP contribution in [0.4, 0.5) is 5.13 Å². The zero-order valence-corrected chi connectivity index (χ0v) is 18.0. The van der Waals surface area contributed by atoms with E-state index >= 15 is 0 Å². The van der Waals surface area contributed by atoms with Crippen LogP contribution < -0.4 is 5.43 Å². The maximum Gasteiger partial charge on any atom is 0.203 e. The number of halogens is 1. The van der Waals surface area contributed by atoms with Crippen LogP contribution in [-0.4, -0.2) is 11.2 Å². The van der Waals surface area contributed by atoms with Gasteiger partial charge in [0.05, 0.1) is 11.9 Å². The fourth-order valence-corrected chi connectivity index (χ4v) is 4.26. The Bertz CT molecular complexity index is 1060. The molecule has 0 aliphatic carbocycles. The Hall–Kier alpha value is -2.41. The molecule has 0 amide bonds. The van der Waals surface area contributed by atoms with E-state index in [1.165, 1.54) is 9.79 Å². The molecule has 0 saturated heterocycles. The third-order valence-electron chi connectivity index (χ3n) is 3.88. The maximum absolute atomic E-state index is 4.62. The van der Waals surface area contributed by atoms with E-state index in [0.29, 0.717) is 0 Å². The summed E-state index contributed by atoms with van der Waals surface area (Å²) in [5.41, 5.74) is 6.07. The van der Waals surface area contributed by atoms with Crippen LogP contribution in [0.3, 0.4) is 0 Å². The summed E-state index contributed by atoms with van der Waals surface area (Å²) in [4.78, 5) is 7.06. The number of nitrogens with zero attached hydrogens (tertiary/aromatic N) is 2. The van der Waals surface area contributed by atoms with E-state index in [9.17, 15) is 0 Å². The van der Waals surface area contributed by atoms with Gasteiger partial charge in [0.1, 0.15) is 0 Å². The van der Waals surface area contributed by atoms with Crippen molar-refractivity contribution in [2.45, 2.75) is 9.79 Å². The van der Waals surface area contributed by atoms with Gasteiger partial charge < -0.3 is 0 Å². The van der Waals surface area contributed by atoms with Crippen molar-refractivity contribution in [3.63, 3.8) is 0 Å². The third kappa shape index (κ3) is 5.10. The molecule has 0 fully saturated rings. The highest BCUT2D eigenvalue weighted by molar-refractivity contribution is 9.10. The van der Waals surface area contributed by atoms with Crippen molar-refractivity contribution >= 4 is 50.4 Å². The lowest BCUT2D eigenvalue weighted by Crippen LogP contribution is -1.90. The van der Waals surface area contributed by atoms with E-state index in [0.717, 1.165) is 26.4 Å². The topological polar surface area (TPSA) is 37.3 Å². The molecule has 1 heterocycles. The number of hydrazone groups is 1. The number of nitrogens with one attached hydrogen (secondary N) is 1. The summed E-state index contributed by atoms with van der Waals surface area (Å²) in [7, 11) is 0. The monoisotopic (exact) mass is 465 g/mol. The van der Waals surface area contributed by atoms with Gasteiger partial charge in [0.2, 0.25) is 5.13 Å². The molecule has 4 rings (SSSR count). The zero-order chi connectivity index (χ0) is 19.2. The number of aromatic nitrogens is 1. The molecule has 3 aromatic carbocycles. The van der Waals surface area contributed by atoms with Gasteiger partial charge in [-0.3, -0.25) is 5.43 Å². The average Bonchev–Trinajstić information content (AvgIpc) is 3.20. The molecule has 0 radical (unpaired) electrons. The first kappa shape index (κ1) is 18.9. The highest BCUT2D eigenvalue weighted by atomic mass is 79.9. The standard InChI is InChI=1S/C22H16BrN3S2/c23-18-10-6-16(7-11-18)14-24-26-22-25-21(15-27-22)17-8-12-20(13-9-17)28-19-4-2-1-3-5-19/h1-15H,(H,25,26). The highest BCUT2D eigenvalue weighted by Gasteiger charge is 2.05. The van der Waals surface area contributed by atoms with Crippen LogP contribution in [0.5, 0.6) is 0 Å². The van der Waals surface area contributed by atoms with Crippen LogP contribution in [0.25, 0.3) is 11.3 Å². The molecule has 28 heavy (non-hydrogen) atoms. The molecule has 1 N–H and O–H groups in total. The average molecular weight is 466 g/mol. The number of hydrogen-bond acceptors (Lipinski definition) is 5. The molecule has 0 aliphatic heterocycles. The fraction of sp³-hybridized carbons (Fsp3) is 0. The second-order valence-electron chi connectivity index (χ2n) is 5.90. The SMILES string of the molecule is Brc1ccc(C=NNc2nc(-c3ccc(Sc4ccccc4)cc3)cs2)cc1. The number of anilines is 1. The quantitative estimate of drug-likeness (QED) is 0.242. The molecule has 0 aliphatic rings. The summed E-state index contributed by atoms with van der Waals surface area (Å²) in [5.74, 6) is 0. The molecule has 6 heteroatoms. The minimum Gasteiger partial charge on any atom is -0.253 e. The summed E-state index contributed by atoms with van der Waals surface area (Å²) in [6.07, 6.45) is 1.78. The summed E-state index contributed by atoms with van der Waals surface area (Å²) in [6, 6.07) is 26.8. The molecule has 3 nitrogen and oxygen atoms in total. The van der Waals surface area contributed by atoms with E-state index in [4.69, 9.17) is 0 Å². The molecule has 1 aromatic heterocycles. The van der Waals surface area contributed by atoms with Crippen molar-refractivity contribution in [1.29, 1.82) is 0 Å². The van der Waals surface area contributed by atoms with E-state index in [1.807, 2.05) is 35.7 Å². The second kappa shape index (κ2) is 9.19.